The quantitative estimate of drug-likeness (QED) is 0.227. The molecule has 0 radical (unpaired) electrons. The van der Waals surface area contributed by atoms with Gasteiger partial charge in [0.2, 0.25) is 10.0 Å². The first kappa shape index (κ1) is 32.2. The van der Waals surface area contributed by atoms with E-state index in [1.165, 1.54) is 11.1 Å². The van der Waals surface area contributed by atoms with Gasteiger partial charge in [0.15, 0.2) is 17.8 Å². The van der Waals surface area contributed by atoms with Crippen molar-refractivity contribution in [3.63, 3.8) is 0 Å². The molecule has 2 aliphatic heterocycles. The molecule has 0 aromatic heterocycles. The average Bonchev–Trinajstić information content (AvgIpc) is 3.10. The van der Waals surface area contributed by atoms with Gasteiger partial charge in [0.25, 0.3) is 0 Å². The van der Waals surface area contributed by atoms with Crippen LogP contribution in [-0.4, -0.2) is 51.8 Å². The van der Waals surface area contributed by atoms with Crippen LogP contribution in [0.15, 0.2) is 95.9 Å². The maximum absolute atomic E-state index is 12.7. The lowest BCUT2D eigenvalue weighted by Gasteiger charge is -2.39. The monoisotopic (exact) mass is 644 g/mol. The van der Waals surface area contributed by atoms with E-state index in [-0.39, 0.29) is 30.3 Å². The number of ether oxygens (including phenoxy) is 4. The maximum Gasteiger partial charge on any atom is 0.240 e. The number of aliphatic hydroxyl groups excluding tert-OH is 1. The topological polar surface area (TPSA) is 107 Å². The summed E-state index contributed by atoms with van der Waals surface area (Å²) in [5, 5.41) is 9.54. The molecule has 4 aromatic carbocycles. The molecule has 2 heterocycles. The molecule has 0 saturated carbocycles. The standard InChI is InChI=1S/C36H40N2O7S/c1-42-34-18-29-16-17-38(22-30(29)19-35(34)43-2)23-31-20-33(27-12-10-26(24-39)11-13-27)45-36(44-31)28-14-8-25(9-15-28)21-37-46(40,41)32-6-4-3-5-7-32/h3-15,18-19,31,33,36-37,39H,16-17,20-24H2,1-2H3/t31-,33+,36?/m0/s1. The van der Waals surface area contributed by atoms with Crippen molar-refractivity contribution in [3.05, 3.63) is 124 Å². The zero-order valence-electron chi connectivity index (χ0n) is 26.1. The lowest BCUT2D eigenvalue weighted by molar-refractivity contribution is -0.253. The van der Waals surface area contributed by atoms with Gasteiger partial charge in [-0.1, -0.05) is 66.7 Å². The van der Waals surface area contributed by atoms with Crippen LogP contribution >= 0.6 is 0 Å². The van der Waals surface area contributed by atoms with E-state index in [0.717, 1.165) is 59.8 Å². The third-order valence-corrected chi connectivity index (χ3v) is 10.1. The van der Waals surface area contributed by atoms with Crippen molar-refractivity contribution in [2.24, 2.45) is 0 Å². The summed E-state index contributed by atoms with van der Waals surface area (Å²) in [7, 11) is -0.296. The number of aliphatic hydroxyl groups is 1. The Morgan fingerprint density at radius 1 is 0.848 bits per heavy atom. The fourth-order valence-electron chi connectivity index (χ4n) is 6.07. The zero-order chi connectivity index (χ0) is 32.1. The van der Waals surface area contributed by atoms with E-state index in [2.05, 4.69) is 21.8 Å². The molecule has 9 nitrogen and oxygen atoms in total. The molecule has 2 aliphatic rings. The molecule has 1 unspecified atom stereocenters. The molecular formula is C36H40N2O7S. The van der Waals surface area contributed by atoms with Gasteiger partial charge in [-0.05, 0) is 58.5 Å². The van der Waals surface area contributed by atoms with Gasteiger partial charge in [-0.2, -0.15) is 0 Å². The maximum atomic E-state index is 12.7. The van der Waals surface area contributed by atoms with Gasteiger partial charge in [-0.3, -0.25) is 4.90 Å². The summed E-state index contributed by atoms with van der Waals surface area (Å²) in [6, 6.07) is 28.0. The fourth-order valence-corrected chi connectivity index (χ4v) is 7.11. The highest BCUT2D eigenvalue weighted by Crippen LogP contribution is 2.39. The van der Waals surface area contributed by atoms with Crippen LogP contribution in [0.1, 0.15) is 52.2 Å². The largest absolute Gasteiger partial charge is 0.493 e. The second-order valence-corrected chi connectivity index (χ2v) is 13.5. The highest BCUT2D eigenvalue weighted by molar-refractivity contribution is 7.89. The van der Waals surface area contributed by atoms with Crippen LogP contribution < -0.4 is 14.2 Å². The van der Waals surface area contributed by atoms with Crippen LogP contribution in [0, 0.1) is 0 Å². The molecule has 0 aliphatic carbocycles. The Morgan fingerprint density at radius 3 is 2.17 bits per heavy atom. The molecule has 0 amide bonds. The molecule has 2 N–H and O–H groups in total. The lowest BCUT2D eigenvalue weighted by Crippen LogP contribution is -2.41. The number of benzene rings is 4. The first-order valence-corrected chi connectivity index (χ1v) is 16.9. The van der Waals surface area contributed by atoms with Crippen LogP contribution in [-0.2, 0) is 45.6 Å². The van der Waals surface area contributed by atoms with Crippen LogP contribution in [0.5, 0.6) is 11.5 Å². The molecule has 0 bridgehead atoms. The number of fused-ring (bicyclic) bond motifs is 1. The third-order valence-electron chi connectivity index (χ3n) is 8.65. The number of methoxy groups -OCH3 is 2. The molecule has 6 rings (SSSR count). The molecule has 1 fully saturated rings. The van der Waals surface area contributed by atoms with E-state index in [1.807, 2.05) is 48.5 Å². The van der Waals surface area contributed by atoms with Crippen molar-refractivity contribution in [1.82, 2.24) is 9.62 Å². The van der Waals surface area contributed by atoms with Crippen LogP contribution in [0.4, 0.5) is 0 Å². The summed E-state index contributed by atoms with van der Waals surface area (Å²) >= 11 is 0. The third kappa shape index (κ3) is 7.44. The second kappa shape index (κ2) is 14.3. The minimum absolute atomic E-state index is 0.0128. The normalized spacial score (nSPS) is 20.2. The van der Waals surface area contributed by atoms with Crippen molar-refractivity contribution in [2.45, 2.75) is 55.9 Å². The van der Waals surface area contributed by atoms with Gasteiger partial charge in [0, 0.05) is 38.2 Å². The molecule has 242 valence electrons. The van der Waals surface area contributed by atoms with Crippen molar-refractivity contribution >= 4 is 10.0 Å². The van der Waals surface area contributed by atoms with Crippen LogP contribution in [0.25, 0.3) is 0 Å². The lowest BCUT2D eigenvalue weighted by atomic mass is 9.97. The molecule has 0 spiro atoms. The highest BCUT2D eigenvalue weighted by atomic mass is 32.2. The van der Waals surface area contributed by atoms with Crippen molar-refractivity contribution in [1.29, 1.82) is 0 Å². The Kier molecular flexibility index (Phi) is 10.0. The Balaban J connectivity index is 1.17. The van der Waals surface area contributed by atoms with Gasteiger partial charge in [-0.15, -0.1) is 0 Å². The zero-order valence-corrected chi connectivity index (χ0v) is 26.9. The Labute approximate surface area is 270 Å². The molecule has 46 heavy (non-hydrogen) atoms. The number of rotatable bonds is 11. The van der Waals surface area contributed by atoms with Gasteiger partial charge >= 0.3 is 0 Å². The SMILES string of the molecule is COc1cc2c(cc1OC)CN(C[C@@H]1C[C@H](c3ccc(CO)cc3)OC(c3ccc(CNS(=O)(=O)c4ccccc4)cc3)O1)CC2. The highest BCUT2D eigenvalue weighted by Gasteiger charge is 2.34. The number of nitrogens with zero attached hydrogens (tertiary/aromatic N) is 1. The smallest absolute Gasteiger partial charge is 0.240 e. The fraction of sp³-hybridized carbons (Fsp3) is 0.333. The first-order chi connectivity index (χ1) is 22.3. The summed E-state index contributed by atoms with van der Waals surface area (Å²) < 4.78 is 52.2. The Bertz CT molecular complexity index is 1710. The summed E-state index contributed by atoms with van der Waals surface area (Å²) in [6.07, 6.45) is 0.696. The average molecular weight is 645 g/mol. The Hall–Kier alpha value is -3.77. The molecule has 3 atom stereocenters. The van der Waals surface area contributed by atoms with Gasteiger partial charge in [0.05, 0.1) is 37.9 Å². The Morgan fingerprint density at radius 2 is 1.50 bits per heavy atom. The van der Waals surface area contributed by atoms with Crippen LogP contribution in [0.3, 0.4) is 0 Å². The summed E-state index contributed by atoms with van der Waals surface area (Å²) in [5.74, 6) is 1.48. The predicted molar refractivity (Wildman–Crippen MR) is 174 cm³/mol. The van der Waals surface area contributed by atoms with Crippen molar-refractivity contribution in [2.75, 3.05) is 27.3 Å². The van der Waals surface area contributed by atoms with Gasteiger partial charge < -0.3 is 24.1 Å². The van der Waals surface area contributed by atoms with E-state index < -0.39 is 16.3 Å². The summed E-state index contributed by atoms with van der Waals surface area (Å²) in [6.45, 7) is 2.57. The number of hydrogen-bond acceptors (Lipinski definition) is 8. The molecule has 10 heteroatoms. The molecular weight excluding hydrogens is 604 g/mol. The number of hydrogen-bond donors (Lipinski definition) is 2. The first-order valence-electron chi connectivity index (χ1n) is 15.5. The van der Waals surface area contributed by atoms with E-state index in [9.17, 15) is 13.5 Å². The molecule has 1 saturated heterocycles. The van der Waals surface area contributed by atoms with E-state index in [1.54, 1.807) is 44.6 Å². The predicted octanol–water partition coefficient (Wildman–Crippen LogP) is 5.28. The van der Waals surface area contributed by atoms with E-state index in [0.29, 0.717) is 6.42 Å². The number of nitrogens with one attached hydrogen (secondary N) is 1. The van der Waals surface area contributed by atoms with E-state index >= 15 is 0 Å². The number of sulfonamides is 1. The van der Waals surface area contributed by atoms with E-state index in [4.69, 9.17) is 18.9 Å². The second-order valence-electron chi connectivity index (χ2n) is 11.7. The minimum atomic E-state index is -3.61. The van der Waals surface area contributed by atoms with Gasteiger partial charge in [-0.25, -0.2) is 13.1 Å². The molecule has 4 aromatic rings. The summed E-state index contributed by atoms with van der Waals surface area (Å²) in [4.78, 5) is 2.64. The minimum Gasteiger partial charge on any atom is -0.493 e. The van der Waals surface area contributed by atoms with Crippen molar-refractivity contribution in [3.8, 4) is 11.5 Å². The van der Waals surface area contributed by atoms with Crippen LogP contribution in [0.2, 0.25) is 0 Å². The summed E-state index contributed by atoms with van der Waals surface area (Å²) in [5.41, 5.74) is 6.06. The van der Waals surface area contributed by atoms with Crippen molar-refractivity contribution < 1.29 is 32.5 Å². The van der Waals surface area contributed by atoms with Gasteiger partial charge in [0.1, 0.15) is 0 Å².